The van der Waals surface area contributed by atoms with Crippen LogP contribution < -0.4 is 5.32 Å². The molecule has 0 aromatic heterocycles. The van der Waals surface area contributed by atoms with Gasteiger partial charge in [0.15, 0.2) is 0 Å². The molecule has 2 fully saturated rings. The van der Waals surface area contributed by atoms with Gasteiger partial charge < -0.3 is 15.0 Å². The largest absolute Gasteiger partial charge is 0.466 e. The zero-order valence-corrected chi connectivity index (χ0v) is 17.1. The number of benzene rings is 1. The molecule has 1 aromatic carbocycles. The molecule has 0 saturated carbocycles. The molecule has 0 spiro atoms. The summed E-state index contributed by atoms with van der Waals surface area (Å²) in [6, 6.07) is 9.45. The smallest absolute Gasteiger partial charge is 0.310 e. The zero-order chi connectivity index (χ0) is 20.6. The molecule has 0 aliphatic carbocycles. The minimum absolute atomic E-state index is 0.0246. The summed E-state index contributed by atoms with van der Waals surface area (Å²) in [6.45, 7) is 5.14. The lowest BCUT2D eigenvalue weighted by molar-refractivity contribution is -0.150. The van der Waals surface area contributed by atoms with Crippen LogP contribution in [0.5, 0.6) is 0 Å². The van der Waals surface area contributed by atoms with Crippen LogP contribution >= 0.6 is 0 Å². The highest BCUT2D eigenvalue weighted by Crippen LogP contribution is 2.21. The van der Waals surface area contributed by atoms with Crippen LogP contribution in [0.4, 0.5) is 5.69 Å². The van der Waals surface area contributed by atoms with Crippen molar-refractivity contribution >= 4 is 23.5 Å². The fraction of sp³-hybridized carbons (Fsp3) is 0.591. The summed E-state index contributed by atoms with van der Waals surface area (Å²) in [6.07, 6.45) is 3.08. The maximum atomic E-state index is 12.7. The number of hydrogen-bond acceptors (Lipinski definition) is 5. The first kappa shape index (κ1) is 21.3. The van der Waals surface area contributed by atoms with Gasteiger partial charge in [0, 0.05) is 31.2 Å². The van der Waals surface area contributed by atoms with E-state index in [9.17, 15) is 14.4 Å². The van der Waals surface area contributed by atoms with Crippen LogP contribution in [0.3, 0.4) is 0 Å². The minimum atomic E-state index is -0.158. The topological polar surface area (TPSA) is 79.0 Å². The Labute approximate surface area is 172 Å². The molecule has 0 radical (unpaired) electrons. The molecule has 1 atom stereocenters. The lowest BCUT2D eigenvalue weighted by Gasteiger charge is -2.35. The zero-order valence-electron chi connectivity index (χ0n) is 17.1. The molecule has 2 aliphatic heterocycles. The van der Waals surface area contributed by atoms with E-state index in [1.807, 2.05) is 42.2 Å². The number of ether oxygens (including phenoxy) is 1. The van der Waals surface area contributed by atoms with Crippen LogP contribution in [0.2, 0.25) is 0 Å². The average Bonchev–Trinajstić information content (AvgIpc) is 2.75. The van der Waals surface area contributed by atoms with Crippen molar-refractivity contribution in [1.82, 2.24) is 9.80 Å². The van der Waals surface area contributed by atoms with Crippen LogP contribution in [-0.4, -0.2) is 66.9 Å². The van der Waals surface area contributed by atoms with Gasteiger partial charge in [-0.15, -0.1) is 0 Å². The number of nitrogens with one attached hydrogen (secondary N) is 1. The Morgan fingerprint density at radius 3 is 2.45 bits per heavy atom. The van der Waals surface area contributed by atoms with Gasteiger partial charge in [0.05, 0.1) is 19.1 Å². The Balaban J connectivity index is 1.42. The normalized spacial score (nSPS) is 20.9. The molecule has 2 heterocycles. The highest BCUT2D eigenvalue weighted by Gasteiger charge is 2.31. The first-order valence-electron chi connectivity index (χ1n) is 10.6. The van der Waals surface area contributed by atoms with E-state index in [0.29, 0.717) is 45.6 Å². The van der Waals surface area contributed by atoms with E-state index in [2.05, 4.69) is 10.2 Å². The second-order valence-electron chi connectivity index (χ2n) is 7.84. The number of carbonyl (C=O) groups excluding carboxylic acids is 3. The van der Waals surface area contributed by atoms with E-state index in [1.165, 1.54) is 0 Å². The Bertz CT molecular complexity index is 701. The summed E-state index contributed by atoms with van der Waals surface area (Å²) in [5.41, 5.74) is 0.803. The molecular formula is C22H31N3O4. The maximum Gasteiger partial charge on any atom is 0.310 e. The summed E-state index contributed by atoms with van der Waals surface area (Å²) in [5, 5.41) is 2.95. The molecule has 2 aliphatic rings. The second-order valence-corrected chi connectivity index (χ2v) is 7.84. The molecule has 1 N–H and O–H groups in total. The molecular weight excluding hydrogens is 370 g/mol. The van der Waals surface area contributed by atoms with Crippen molar-refractivity contribution < 1.29 is 19.1 Å². The van der Waals surface area contributed by atoms with Crippen LogP contribution in [-0.2, 0) is 19.1 Å². The van der Waals surface area contributed by atoms with Crippen LogP contribution in [0.25, 0.3) is 0 Å². The lowest BCUT2D eigenvalue weighted by atomic mass is 9.95. The van der Waals surface area contributed by atoms with Crippen molar-refractivity contribution in [2.75, 3.05) is 44.6 Å². The number of piperidine rings is 2. The second kappa shape index (κ2) is 10.4. The summed E-state index contributed by atoms with van der Waals surface area (Å²) in [5.74, 6) is -0.255. The number of para-hydroxylation sites is 1. The number of carbonyl (C=O) groups is 3. The highest BCUT2D eigenvalue weighted by molar-refractivity contribution is 5.92. The Hall–Kier alpha value is -2.41. The third-order valence-electron chi connectivity index (χ3n) is 5.74. The van der Waals surface area contributed by atoms with Gasteiger partial charge in [-0.05, 0) is 51.3 Å². The number of esters is 1. The van der Waals surface area contributed by atoms with Crippen LogP contribution in [0.15, 0.2) is 30.3 Å². The molecule has 0 bridgehead atoms. The Morgan fingerprint density at radius 2 is 1.76 bits per heavy atom. The fourth-order valence-electron chi connectivity index (χ4n) is 4.10. The number of nitrogens with zero attached hydrogens (tertiary/aromatic N) is 2. The predicted molar refractivity (Wildman–Crippen MR) is 110 cm³/mol. The maximum absolute atomic E-state index is 12.7. The Morgan fingerprint density at radius 1 is 1.03 bits per heavy atom. The molecule has 7 heteroatoms. The van der Waals surface area contributed by atoms with Crippen LogP contribution in [0.1, 0.15) is 32.6 Å². The fourth-order valence-corrected chi connectivity index (χ4v) is 4.10. The van der Waals surface area contributed by atoms with Crippen molar-refractivity contribution in [3.05, 3.63) is 30.3 Å². The third kappa shape index (κ3) is 6.03. The van der Waals surface area contributed by atoms with Crippen molar-refractivity contribution in [1.29, 1.82) is 0 Å². The van der Waals surface area contributed by atoms with E-state index in [1.54, 1.807) is 0 Å². The van der Waals surface area contributed by atoms with E-state index >= 15 is 0 Å². The van der Waals surface area contributed by atoms with Gasteiger partial charge in [0.2, 0.25) is 11.8 Å². The van der Waals surface area contributed by atoms with E-state index in [0.717, 1.165) is 25.1 Å². The number of anilines is 1. The average molecular weight is 402 g/mol. The summed E-state index contributed by atoms with van der Waals surface area (Å²) in [4.78, 5) is 41.0. The summed E-state index contributed by atoms with van der Waals surface area (Å²) < 4.78 is 5.13. The monoisotopic (exact) mass is 401 g/mol. The van der Waals surface area contributed by atoms with Gasteiger partial charge in [-0.3, -0.25) is 19.3 Å². The van der Waals surface area contributed by atoms with Crippen molar-refractivity contribution in [2.45, 2.75) is 32.6 Å². The van der Waals surface area contributed by atoms with Crippen molar-refractivity contribution in [2.24, 2.45) is 11.8 Å². The molecule has 2 saturated heterocycles. The van der Waals surface area contributed by atoms with Crippen molar-refractivity contribution in [3.63, 3.8) is 0 Å². The summed E-state index contributed by atoms with van der Waals surface area (Å²) in [7, 11) is 0. The number of likely N-dealkylation sites (tertiary alicyclic amines) is 2. The van der Waals surface area contributed by atoms with E-state index in [4.69, 9.17) is 4.74 Å². The quantitative estimate of drug-likeness (QED) is 0.739. The van der Waals surface area contributed by atoms with Crippen LogP contribution in [0, 0.1) is 11.8 Å². The third-order valence-corrected chi connectivity index (χ3v) is 5.74. The standard InChI is InChI=1S/C22H31N3O4/c1-2-29-22(28)18-7-6-12-24(15-18)16-20(26)25-13-10-17(11-14-25)21(27)23-19-8-4-3-5-9-19/h3-5,8-9,17-18H,2,6-7,10-16H2,1H3,(H,23,27). The van der Waals surface area contributed by atoms with E-state index < -0.39 is 0 Å². The van der Waals surface area contributed by atoms with Crippen molar-refractivity contribution in [3.8, 4) is 0 Å². The Kier molecular flexibility index (Phi) is 7.63. The first-order valence-corrected chi connectivity index (χ1v) is 10.6. The number of amides is 2. The minimum Gasteiger partial charge on any atom is -0.466 e. The van der Waals surface area contributed by atoms with Gasteiger partial charge in [-0.25, -0.2) is 0 Å². The number of rotatable bonds is 6. The molecule has 2 amide bonds. The molecule has 1 unspecified atom stereocenters. The molecule has 1 aromatic rings. The molecule has 29 heavy (non-hydrogen) atoms. The van der Waals surface area contributed by atoms with Gasteiger partial charge in [-0.1, -0.05) is 18.2 Å². The molecule has 3 rings (SSSR count). The van der Waals surface area contributed by atoms with Gasteiger partial charge in [0.1, 0.15) is 0 Å². The SMILES string of the molecule is CCOC(=O)C1CCCN(CC(=O)N2CCC(C(=O)Nc3ccccc3)CC2)C1. The number of hydrogen-bond donors (Lipinski definition) is 1. The molecule has 158 valence electrons. The van der Waals surface area contributed by atoms with Gasteiger partial charge in [0.25, 0.3) is 0 Å². The highest BCUT2D eigenvalue weighted by atomic mass is 16.5. The van der Waals surface area contributed by atoms with Gasteiger partial charge >= 0.3 is 5.97 Å². The predicted octanol–water partition coefficient (Wildman–Crippen LogP) is 2.14. The lowest BCUT2D eigenvalue weighted by Crippen LogP contribution is -2.48. The molecule has 7 nitrogen and oxygen atoms in total. The van der Waals surface area contributed by atoms with Gasteiger partial charge in [-0.2, -0.15) is 0 Å². The first-order chi connectivity index (χ1) is 14.1. The van der Waals surface area contributed by atoms with E-state index in [-0.39, 0.29) is 29.6 Å². The summed E-state index contributed by atoms with van der Waals surface area (Å²) >= 11 is 0.